The molecule has 1 aromatic carbocycles. The zero-order valence-electron chi connectivity index (χ0n) is 11.5. The molecule has 2 heterocycles. The molecule has 2 bridgehead atoms. The minimum absolute atomic E-state index is 0.0152. The molecule has 1 N–H and O–H groups in total. The van der Waals surface area contributed by atoms with Crippen LogP contribution in [0.3, 0.4) is 0 Å². The smallest absolute Gasteiger partial charge is 0.129 e. The minimum atomic E-state index is -1.06. The lowest BCUT2D eigenvalue weighted by Crippen LogP contribution is -2.60. The number of nitrogens with zero attached hydrogens (tertiary/aromatic N) is 1. The van der Waals surface area contributed by atoms with Crippen LogP contribution in [0.2, 0.25) is 0 Å². The molecule has 0 aliphatic carbocycles. The number of ether oxygens (including phenoxy) is 1. The summed E-state index contributed by atoms with van der Waals surface area (Å²) >= 11 is 0. The molecule has 2 aliphatic rings. The third-order valence-corrected chi connectivity index (χ3v) is 4.57. The summed E-state index contributed by atoms with van der Waals surface area (Å²) in [5, 5.41) is 10.8. The van der Waals surface area contributed by atoms with Gasteiger partial charge in [-0.1, -0.05) is 6.07 Å². The van der Waals surface area contributed by atoms with Gasteiger partial charge in [0.15, 0.2) is 0 Å². The fourth-order valence-electron chi connectivity index (χ4n) is 3.41. The molecule has 1 aromatic rings. The maximum Gasteiger partial charge on any atom is 0.129 e. The van der Waals surface area contributed by atoms with E-state index < -0.39 is 17.2 Å². The van der Waals surface area contributed by atoms with Gasteiger partial charge in [0.25, 0.3) is 0 Å². The van der Waals surface area contributed by atoms with Crippen LogP contribution in [0.5, 0.6) is 0 Å². The van der Waals surface area contributed by atoms with Crippen LogP contribution in [0.4, 0.5) is 8.78 Å². The summed E-state index contributed by atoms with van der Waals surface area (Å²) in [5.74, 6) is -1.17. The van der Waals surface area contributed by atoms with Gasteiger partial charge in [0.2, 0.25) is 0 Å². The number of likely N-dealkylation sites (N-methyl/N-ethyl adjacent to an activating group) is 1. The van der Waals surface area contributed by atoms with E-state index in [1.807, 2.05) is 7.05 Å². The molecular formula is C15H19F2NO2. The summed E-state index contributed by atoms with van der Waals surface area (Å²) in [4.78, 5) is 2.20. The largest absolute Gasteiger partial charge is 0.389 e. The SMILES string of the molecule is CN1C2COCC1CC(O)(Cc1c(F)cccc1F)C2. The highest BCUT2D eigenvalue weighted by Crippen LogP contribution is 2.36. The van der Waals surface area contributed by atoms with Crippen molar-refractivity contribution in [1.29, 1.82) is 0 Å². The van der Waals surface area contributed by atoms with Crippen LogP contribution < -0.4 is 0 Å². The second-order valence-electron chi connectivity index (χ2n) is 6.02. The molecule has 0 saturated carbocycles. The number of benzene rings is 1. The first kappa shape index (κ1) is 13.9. The van der Waals surface area contributed by atoms with Gasteiger partial charge in [-0.2, -0.15) is 0 Å². The second kappa shape index (κ2) is 5.06. The van der Waals surface area contributed by atoms with E-state index in [2.05, 4.69) is 4.90 Å². The van der Waals surface area contributed by atoms with Crippen LogP contribution in [0, 0.1) is 11.6 Å². The molecule has 2 atom stereocenters. The molecule has 0 spiro atoms. The Hall–Kier alpha value is -1.04. The lowest BCUT2D eigenvalue weighted by atomic mass is 9.77. The van der Waals surface area contributed by atoms with Crippen molar-refractivity contribution in [3.63, 3.8) is 0 Å². The van der Waals surface area contributed by atoms with Gasteiger partial charge >= 0.3 is 0 Å². The number of piperidine rings is 1. The van der Waals surface area contributed by atoms with Crippen molar-refractivity contribution in [1.82, 2.24) is 4.90 Å². The van der Waals surface area contributed by atoms with Gasteiger partial charge in [-0.3, -0.25) is 4.90 Å². The number of fused-ring (bicyclic) bond motifs is 2. The predicted octanol–water partition coefficient (Wildman–Crippen LogP) is 1.73. The first-order valence-corrected chi connectivity index (χ1v) is 6.93. The minimum Gasteiger partial charge on any atom is -0.389 e. The number of hydrogen-bond donors (Lipinski definition) is 1. The van der Waals surface area contributed by atoms with Gasteiger partial charge in [0.1, 0.15) is 11.6 Å². The molecule has 3 nitrogen and oxygen atoms in total. The van der Waals surface area contributed by atoms with Gasteiger partial charge in [-0.15, -0.1) is 0 Å². The fourth-order valence-corrected chi connectivity index (χ4v) is 3.41. The monoisotopic (exact) mass is 283 g/mol. The molecule has 110 valence electrons. The number of aliphatic hydroxyl groups is 1. The fraction of sp³-hybridized carbons (Fsp3) is 0.600. The quantitative estimate of drug-likeness (QED) is 0.897. The van der Waals surface area contributed by atoms with Crippen molar-refractivity contribution in [2.75, 3.05) is 20.3 Å². The first-order chi connectivity index (χ1) is 9.48. The second-order valence-corrected chi connectivity index (χ2v) is 6.02. The molecule has 0 amide bonds. The van der Waals surface area contributed by atoms with E-state index in [0.717, 1.165) is 0 Å². The van der Waals surface area contributed by atoms with Crippen molar-refractivity contribution in [2.24, 2.45) is 0 Å². The van der Waals surface area contributed by atoms with Crippen LogP contribution in [-0.4, -0.2) is 48.0 Å². The average Bonchev–Trinajstić information content (AvgIpc) is 2.37. The number of halogens is 2. The normalized spacial score (nSPS) is 34.2. The lowest BCUT2D eigenvalue weighted by molar-refractivity contribution is -0.133. The standard InChI is InChI=1S/C15H19F2NO2/c1-18-10-5-15(19,6-11(18)9-20-8-10)7-12-13(16)3-2-4-14(12)17/h2-4,10-11,19H,5-9H2,1H3. The van der Waals surface area contributed by atoms with Crippen molar-refractivity contribution in [3.05, 3.63) is 35.4 Å². The van der Waals surface area contributed by atoms with Crippen LogP contribution in [0.15, 0.2) is 18.2 Å². The van der Waals surface area contributed by atoms with E-state index in [9.17, 15) is 13.9 Å². The Kier molecular flexibility index (Phi) is 3.52. The highest BCUT2D eigenvalue weighted by Gasteiger charge is 2.45. The van der Waals surface area contributed by atoms with Gasteiger partial charge < -0.3 is 9.84 Å². The van der Waals surface area contributed by atoms with Gasteiger partial charge in [-0.25, -0.2) is 8.78 Å². The molecule has 0 radical (unpaired) electrons. The topological polar surface area (TPSA) is 32.7 Å². The van der Waals surface area contributed by atoms with E-state index in [1.54, 1.807) is 0 Å². The predicted molar refractivity (Wildman–Crippen MR) is 70.4 cm³/mol. The van der Waals surface area contributed by atoms with E-state index in [-0.39, 0.29) is 24.1 Å². The van der Waals surface area contributed by atoms with Crippen molar-refractivity contribution < 1.29 is 18.6 Å². The summed E-state index contributed by atoms with van der Waals surface area (Å²) in [5.41, 5.74) is -1.08. The number of hydrogen-bond acceptors (Lipinski definition) is 3. The molecule has 20 heavy (non-hydrogen) atoms. The Balaban J connectivity index is 1.83. The highest BCUT2D eigenvalue weighted by atomic mass is 19.1. The molecule has 3 rings (SSSR count). The van der Waals surface area contributed by atoms with Crippen molar-refractivity contribution >= 4 is 0 Å². The molecule has 2 unspecified atom stereocenters. The van der Waals surface area contributed by atoms with Crippen LogP contribution in [-0.2, 0) is 11.2 Å². The van der Waals surface area contributed by atoms with E-state index in [4.69, 9.17) is 4.74 Å². The van der Waals surface area contributed by atoms with Gasteiger partial charge in [0.05, 0.1) is 18.8 Å². The maximum atomic E-state index is 13.8. The summed E-state index contributed by atoms with van der Waals surface area (Å²) in [6, 6.07) is 4.04. The summed E-state index contributed by atoms with van der Waals surface area (Å²) in [6.07, 6.45) is 0.980. The highest BCUT2D eigenvalue weighted by molar-refractivity contribution is 5.22. The van der Waals surface area contributed by atoms with Crippen LogP contribution in [0.1, 0.15) is 18.4 Å². The molecule has 5 heteroatoms. The summed E-state index contributed by atoms with van der Waals surface area (Å²) in [6.45, 7) is 1.13. The van der Waals surface area contributed by atoms with Crippen molar-refractivity contribution in [2.45, 2.75) is 36.9 Å². The zero-order chi connectivity index (χ0) is 14.3. The Morgan fingerprint density at radius 2 is 1.80 bits per heavy atom. The Labute approximate surface area is 117 Å². The van der Waals surface area contributed by atoms with Gasteiger partial charge in [-0.05, 0) is 32.0 Å². The van der Waals surface area contributed by atoms with Crippen LogP contribution >= 0.6 is 0 Å². The van der Waals surface area contributed by atoms with E-state index in [1.165, 1.54) is 18.2 Å². The number of rotatable bonds is 2. The summed E-state index contributed by atoms with van der Waals surface area (Å²) < 4.78 is 33.0. The maximum absolute atomic E-state index is 13.8. The van der Waals surface area contributed by atoms with E-state index in [0.29, 0.717) is 26.1 Å². The molecule has 2 fully saturated rings. The van der Waals surface area contributed by atoms with Crippen molar-refractivity contribution in [3.8, 4) is 0 Å². The van der Waals surface area contributed by atoms with E-state index >= 15 is 0 Å². The third kappa shape index (κ3) is 2.45. The molecule has 2 saturated heterocycles. The lowest BCUT2D eigenvalue weighted by Gasteiger charge is -2.50. The first-order valence-electron chi connectivity index (χ1n) is 6.93. The Bertz CT molecular complexity index is 474. The Morgan fingerprint density at radius 3 is 2.35 bits per heavy atom. The zero-order valence-corrected chi connectivity index (χ0v) is 11.5. The molecule has 2 aliphatic heterocycles. The summed E-state index contributed by atoms with van der Waals surface area (Å²) in [7, 11) is 2.01. The average molecular weight is 283 g/mol. The van der Waals surface area contributed by atoms with Gasteiger partial charge in [0, 0.05) is 24.1 Å². The third-order valence-electron chi connectivity index (χ3n) is 4.57. The number of morpholine rings is 1. The molecule has 0 aromatic heterocycles. The Morgan fingerprint density at radius 1 is 1.25 bits per heavy atom. The van der Waals surface area contributed by atoms with Crippen LogP contribution in [0.25, 0.3) is 0 Å². The molecular weight excluding hydrogens is 264 g/mol.